The molecule has 0 fully saturated rings. The van der Waals surface area contributed by atoms with Gasteiger partial charge in [-0.1, -0.05) is 42.5 Å². The van der Waals surface area contributed by atoms with Crippen LogP contribution in [0.15, 0.2) is 60.7 Å². The maximum atomic E-state index is 11.3. The summed E-state index contributed by atoms with van der Waals surface area (Å²) < 4.78 is 11.0. The minimum Gasteiger partial charge on any atom is -0.496 e. The van der Waals surface area contributed by atoms with Gasteiger partial charge in [0.2, 0.25) is 0 Å². The van der Waals surface area contributed by atoms with Crippen molar-refractivity contribution in [2.75, 3.05) is 7.11 Å². The van der Waals surface area contributed by atoms with Crippen LogP contribution in [0.4, 0.5) is 0 Å². The molecule has 1 amide bonds. The van der Waals surface area contributed by atoms with E-state index in [2.05, 4.69) is 18.2 Å². The zero-order valence-corrected chi connectivity index (χ0v) is 12.8. The first-order valence-electron chi connectivity index (χ1n) is 7.26. The zero-order valence-electron chi connectivity index (χ0n) is 12.8. The Labute approximate surface area is 134 Å². The predicted molar refractivity (Wildman–Crippen MR) is 89.8 cm³/mol. The molecule has 0 aliphatic heterocycles. The van der Waals surface area contributed by atoms with E-state index in [1.807, 2.05) is 24.3 Å². The lowest BCUT2D eigenvalue weighted by Crippen LogP contribution is -2.12. The molecule has 0 saturated heterocycles. The first-order valence-corrected chi connectivity index (χ1v) is 7.26. The highest BCUT2D eigenvalue weighted by Crippen LogP contribution is 2.26. The maximum absolute atomic E-state index is 11.3. The Bertz CT molecular complexity index is 853. The van der Waals surface area contributed by atoms with Gasteiger partial charge in [0.25, 0.3) is 5.91 Å². The predicted octanol–water partition coefficient (Wildman–Crippen LogP) is 3.53. The van der Waals surface area contributed by atoms with Crippen LogP contribution in [0, 0.1) is 0 Å². The van der Waals surface area contributed by atoms with Crippen molar-refractivity contribution in [2.45, 2.75) is 6.61 Å². The van der Waals surface area contributed by atoms with Gasteiger partial charge in [0.1, 0.15) is 18.1 Å². The van der Waals surface area contributed by atoms with Crippen molar-refractivity contribution in [3.05, 3.63) is 71.8 Å². The Balaban J connectivity index is 1.84. The largest absolute Gasteiger partial charge is 0.496 e. The summed E-state index contributed by atoms with van der Waals surface area (Å²) in [5, 5.41) is 2.34. The fourth-order valence-electron chi connectivity index (χ4n) is 2.54. The topological polar surface area (TPSA) is 61.6 Å². The summed E-state index contributed by atoms with van der Waals surface area (Å²) in [6.45, 7) is 0.431. The number of benzene rings is 3. The van der Waals surface area contributed by atoms with E-state index in [4.69, 9.17) is 15.2 Å². The van der Waals surface area contributed by atoms with Crippen LogP contribution in [-0.4, -0.2) is 13.0 Å². The highest BCUT2D eigenvalue weighted by molar-refractivity contribution is 5.95. The molecule has 116 valence electrons. The Hall–Kier alpha value is -3.01. The molecule has 0 aliphatic carbocycles. The van der Waals surface area contributed by atoms with Crippen LogP contribution < -0.4 is 15.2 Å². The van der Waals surface area contributed by atoms with Gasteiger partial charge >= 0.3 is 0 Å². The number of fused-ring (bicyclic) bond motifs is 1. The average Bonchev–Trinajstić information content (AvgIpc) is 2.59. The third-order valence-electron chi connectivity index (χ3n) is 3.71. The number of methoxy groups -OCH3 is 1. The molecule has 3 aromatic rings. The van der Waals surface area contributed by atoms with Crippen LogP contribution in [0.2, 0.25) is 0 Å². The summed E-state index contributed by atoms with van der Waals surface area (Å²) in [7, 11) is 1.50. The molecule has 3 aromatic carbocycles. The average molecular weight is 307 g/mol. The van der Waals surface area contributed by atoms with Gasteiger partial charge in [-0.25, -0.2) is 0 Å². The third-order valence-corrected chi connectivity index (χ3v) is 3.71. The van der Waals surface area contributed by atoms with Crippen molar-refractivity contribution in [3.8, 4) is 11.5 Å². The summed E-state index contributed by atoms with van der Waals surface area (Å²) in [6, 6.07) is 19.3. The van der Waals surface area contributed by atoms with Gasteiger partial charge in [0.15, 0.2) is 0 Å². The molecule has 2 N–H and O–H groups in total. The molecule has 0 aromatic heterocycles. The SMILES string of the molecule is COc1cc(OCc2cccc3ccccc23)ccc1C(N)=O. The molecule has 4 heteroatoms. The summed E-state index contributed by atoms with van der Waals surface area (Å²) in [5.74, 6) is 0.509. The monoisotopic (exact) mass is 307 g/mol. The fraction of sp³-hybridized carbons (Fsp3) is 0.105. The number of amides is 1. The Morgan fingerprint density at radius 3 is 2.61 bits per heavy atom. The van der Waals surface area contributed by atoms with E-state index in [9.17, 15) is 4.79 Å². The first-order chi connectivity index (χ1) is 11.2. The van der Waals surface area contributed by atoms with Crippen LogP contribution in [0.25, 0.3) is 10.8 Å². The van der Waals surface area contributed by atoms with Crippen LogP contribution in [-0.2, 0) is 6.61 Å². The van der Waals surface area contributed by atoms with Gasteiger partial charge < -0.3 is 15.2 Å². The van der Waals surface area contributed by atoms with E-state index in [0.29, 0.717) is 23.7 Å². The number of hydrogen-bond donors (Lipinski definition) is 1. The number of hydrogen-bond acceptors (Lipinski definition) is 3. The van der Waals surface area contributed by atoms with Crippen molar-refractivity contribution >= 4 is 16.7 Å². The van der Waals surface area contributed by atoms with Crippen molar-refractivity contribution < 1.29 is 14.3 Å². The number of carbonyl (C=O) groups excluding carboxylic acids is 1. The smallest absolute Gasteiger partial charge is 0.252 e. The van der Waals surface area contributed by atoms with Crippen LogP contribution >= 0.6 is 0 Å². The van der Waals surface area contributed by atoms with Gasteiger partial charge in [0, 0.05) is 6.07 Å². The normalized spacial score (nSPS) is 10.5. The molecule has 0 spiro atoms. The second kappa shape index (κ2) is 6.40. The third kappa shape index (κ3) is 3.11. The van der Waals surface area contributed by atoms with E-state index >= 15 is 0 Å². The van der Waals surface area contributed by atoms with Crippen LogP contribution in [0.5, 0.6) is 11.5 Å². The Morgan fingerprint density at radius 2 is 1.83 bits per heavy atom. The lowest BCUT2D eigenvalue weighted by Gasteiger charge is -2.11. The van der Waals surface area contributed by atoms with Crippen molar-refractivity contribution in [3.63, 3.8) is 0 Å². The summed E-state index contributed by atoms with van der Waals surface area (Å²) >= 11 is 0. The van der Waals surface area contributed by atoms with Gasteiger partial charge in [-0.15, -0.1) is 0 Å². The lowest BCUT2D eigenvalue weighted by atomic mass is 10.1. The molecule has 0 heterocycles. The minimum atomic E-state index is -0.526. The minimum absolute atomic E-state index is 0.338. The Kier molecular flexibility index (Phi) is 4.15. The number of carbonyl (C=O) groups is 1. The lowest BCUT2D eigenvalue weighted by molar-refractivity contribution is 0.0997. The second-order valence-corrected chi connectivity index (χ2v) is 5.15. The van der Waals surface area contributed by atoms with Gasteiger partial charge in [-0.05, 0) is 28.5 Å². The standard InChI is InChI=1S/C19H17NO3/c1-22-18-11-15(9-10-17(18)19(20)21)23-12-14-7-4-6-13-5-2-3-8-16(13)14/h2-11H,12H2,1H3,(H2,20,21). The molecular formula is C19H17NO3. The number of primary amides is 1. The van der Waals surface area contributed by atoms with E-state index < -0.39 is 5.91 Å². The first kappa shape index (κ1) is 14.9. The molecule has 23 heavy (non-hydrogen) atoms. The van der Waals surface area contributed by atoms with Crippen molar-refractivity contribution in [1.29, 1.82) is 0 Å². The molecule has 0 unspecified atom stereocenters. The molecular weight excluding hydrogens is 290 g/mol. The van der Waals surface area contributed by atoms with E-state index in [1.54, 1.807) is 18.2 Å². The summed E-state index contributed by atoms with van der Waals surface area (Å²) in [6.07, 6.45) is 0. The Morgan fingerprint density at radius 1 is 1.04 bits per heavy atom. The van der Waals surface area contributed by atoms with Crippen LogP contribution in [0.3, 0.4) is 0 Å². The highest BCUT2D eigenvalue weighted by atomic mass is 16.5. The summed E-state index contributed by atoms with van der Waals surface area (Å²) in [4.78, 5) is 11.3. The molecule has 0 radical (unpaired) electrons. The number of nitrogens with two attached hydrogens (primary N) is 1. The molecule has 4 nitrogen and oxygen atoms in total. The zero-order chi connectivity index (χ0) is 16.2. The van der Waals surface area contributed by atoms with Gasteiger partial charge in [-0.2, -0.15) is 0 Å². The molecule has 0 aliphatic rings. The van der Waals surface area contributed by atoms with Crippen molar-refractivity contribution in [1.82, 2.24) is 0 Å². The fourth-order valence-corrected chi connectivity index (χ4v) is 2.54. The molecule has 0 bridgehead atoms. The number of rotatable bonds is 5. The highest BCUT2D eigenvalue weighted by Gasteiger charge is 2.10. The van der Waals surface area contributed by atoms with Crippen LogP contribution in [0.1, 0.15) is 15.9 Å². The van der Waals surface area contributed by atoms with Gasteiger partial charge in [-0.3, -0.25) is 4.79 Å². The summed E-state index contributed by atoms with van der Waals surface area (Å²) in [5.41, 5.74) is 6.74. The second-order valence-electron chi connectivity index (χ2n) is 5.15. The molecule has 0 atom stereocenters. The maximum Gasteiger partial charge on any atom is 0.252 e. The van der Waals surface area contributed by atoms with E-state index in [0.717, 1.165) is 10.9 Å². The molecule has 0 saturated carbocycles. The number of ether oxygens (including phenoxy) is 2. The van der Waals surface area contributed by atoms with E-state index in [-0.39, 0.29) is 0 Å². The van der Waals surface area contributed by atoms with Crippen molar-refractivity contribution in [2.24, 2.45) is 5.73 Å². The van der Waals surface area contributed by atoms with Gasteiger partial charge in [0.05, 0.1) is 12.7 Å². The quantitative estimate of drug-likeness (QED) is 0.784. The molecule has 3 rings (SSSR count). The van der Waals surface area contributed by atoms with E-state index in [1.165, 1.54) is 12.5 Å².